The second-order valence-corrected chi connectivity index (χ2v) is 4.48. The van der Waals surface area contributed by atoms with E-state index in [1.807, 2.05) is 43.1 Å². The van der Waals surface area contributed by atoms with Crippen LogP contribution in [0.2, 0.25) is 0 Å². The van der Waals surface area contributed by atoms with Crippen molar-refractivity contribution >= 4 is 5.91 Å². The zero-order chi connectivity index (χ0) is 13.0. The molecule has 0 spiro atoms. The molecule has 0 radical (unpaired) electrons. The number of hydrogen-bond acceptors (Lipinski definition) is 3. The Kier molecular flexibility index (Phi) is 4.20. The summed E-state index contributed by atoms with van der Waals surface area (Å²) < 4.78 is 5.42. The van der Waals surface area contributed by atoms with Crippen LogP contribution in [0, 0.1) is 0 Å². The Morgan fingerprint density at radius 2 is 2.11 bits per heavy atom. The number of likely N-dealkylation sites (N-methyl/N-ethyl adjacent to an activating group) is 1. The summed E-state index contributed by atoms with van der Waals surface area (Å²) in [5, 5.41) is 3.30. The van der Waals surface area contributed by atoms with Crippen LogP contribution in [0.1, 0.15) is 24.9 Å². The van der Waals surface area contributed by atoms with Crippen molar-refractivity contribution in [1.29, 1.82) is 0 Å². The molecule has 1 unspecified atom stereocenters. The van der Waals surface area contributed by atoms with Crippen molar-refractivity contribution in [3.8, 4) is 5.75 Å². The summed E-state index contributed by atoms with van der Waals surface area (Å²) in [5.41, 5.74) is 1.14. The van der Waals surface area contributed by atoms with E-state index in [2.05, 4.69) is 5.32 Å². The Morgan fingerprint density at radius 1 is 1.39 bits per heavy atom. The molecule has 1 atom stereocenters. The predicted molar refractivity (Wildman–Crippen MR) is 70.6 cm³/mol. The zero-order valence-electron chi connectivity index (χ0n) is 11.0. The second-order valence-electron chi connectivity index (χ2n) is 4.48. The molecule has 0 saturated carbocycles. The molecule has 1 aliphatic heterocycles. The minimum absolute atomic E-state index is 0.107. The molecule has 1 aromatic carbocycles. The van der Waals surface area contributed by atoms with Crippen molar-refractivity contribution in [2.24, 2.45) is 0 Å². The van der Waals surface area contributed by atoms with Gasteiger partial charge in [0.25, 0.3) is 0 Å². The highest BCUT2D eigenvalue weighted by Crippen LogP contribution is 2.23. The molecule has 1 heterocycles. The van der Waals surface area contributed by atoms with E-state index in [4.69, 9.17) is 4.74 Å². The number of ether oxygens (including phenoxy) is 1. The fourth-order valence-corrected chi connectivity index (χ4v) is 2.22. The van der Waals surface area contributed by atoms with Gasteiger partial charge in [-0.25, -0.2) is 0 Å². The van der Waals surface area contributed by atoms with E-state index in [1.54, 1.807) is 0 Å². The van der Waals surface area contributed by atoms with Crippen LogP contribution in [0.5, 0.6) is 5.75 Å². The quantitative estimate of drug-likeness (QED) is 0.883. The Bertz CT molecular complexity index is 403. The van der Waals surface area contributed by atoms with E-state index in [9.17, 15) is 4.79 Å². The van der Waals surface area contributed by atoms with Gasteiger partial charge in [-0.1, -0.05) is 12.1 Å². The van der Waals surface area contributed by atoms with Gasteiger partial charge in [-0.15, -0.1) is 0 Å². The maximum Gasteiger partial charge on any atom is 0.224 e. The van der Waals surface area contributed by atoms with Gasteiger partial charge in [-0.2, -0.15) is 0 Å². The van der Waals surface area contributed by atoms with Crippen LogP contribution in [-0.2, 0) is 4.79 Å². The van der Waals surface area contributed by atoms with E-state index in [1.165, 1.54) is 0 Å². The van der Waals surface area contributed by atoms with Gasteiger partial charge < -0.3 is 15.0 Å². The summed E-state index contributed by atoms with van der Waals surface area (Å²) in [4.78, 5) is 13.7. The molecule has 0 aromatic heterocycles. The number of benzene rings is 1. The van der Waals surface area contributed by atoms with E-state index in [0.717, 1.165) is 24.4 Å². The predicted octanol–water partition coefficient (Wildman–Crippen LogP) is 1.58. The number of nitrogens with zero attached hydrogens (tertiary/aromatic N) is 1. The smallest absolute Gasteiger partial charge is 0.224 e. The van der Waals surface area contributed by atoms with Crippen LogP contribution in [0.15, 0.2) is 24.3 Å². The molecular weight excluding hydrogens is 228 g/mol. The van der Waals surface area contributed by atoms with Gasteiger partial charge >= 0.3 is 0 Å². The normalized spacial score (nSPS) is 20.7. The lowest BCUT2D eigenvalue weighted by atomic mass is 10.1. The molecule has 18 heavy (non-hydrogen) atoms. The van der Waals surface area contributed by atoms with Gasteiger partial charge in [0, 0.05) is 26.6 Å². The summed E-state index contributed by atoms with van der Waals surface area (Å²) in [6.45, 7) is 4.20. The molecule has 1 fully saturated rings. The van der Waals surface area contributed by atoms with Gasteiger partial charge in [-0.05, 0) is 24.6 Å². The highest BCUT2D eigenvalue weighted by molar-refractivity contribution is 5.77. The third-order valence-corrected chi connectivity index (χ3v) is 3.29. The van der Waals surface area contributed by atoms with Crippen LogP contribution in [-0.4, -0.2) is 37.6 Å². The molecule has 0 aliphatic carbocycles. The molecule has 1 amide bonds. The minimum atomic E-state index is 0.107. The molecule has 4 heteroatoms. The molecule has 1 aliphatic rings. The fourth-order valence-electron chi connectivity index (χ4n) is 2.22. The Labute approximate surface area is 108 Å². The summed E-state index contributed by atoms with van der Waals surface area (Å²) in [5.74, 6) is 1.07. The van der Waals surface area contributed by atoms with Crippen LogP contribution < -0.4 is 10.1 Å². The summed E-state index contributed by atoms with van der Waals surface area (Å²) >= 11 is 0. The molecule has 1 saturated heterocycles. The van der Waals surface area contributed by atoms with Crippen molar-refractivity contribution in [2.75, 3.05) is 26.7 Å². The molecular formula is C14H20N2O2. The third-order valence-electron chi connectivity index (χ3n) is 3.29. The SMILES string of the molecule is CCOc1ccc(C2CNCCC(=O)N2C)cc1. The largest absolute Gasteiger partial charge is 0.494 e. The topological polar surface area (TPSA) is 41.6 Å². The number of hydrogen-bond donors (Lipinski definition) is 1. The van der Waals surface area contributed by atoms with E-state index >= 15 is 0 Å². The number of carbonyl (C=O) groups excluding carboxylic acids is 1. The van der Waals surface area contributed by atoms with Crippen molar-refractivity contribution in [3.63, 3.8) is 0 Å². The standard InChI is InChI=1S/C14H20N2O2/c1-3-18-12-6-4-11(5-7-12)13-10-15-9-8-14(17)16(13)2/h4-7,13,15H,3,8-10H2,1-2H3. The maximum atomic E-state index is 11.8. The van der Waals surface area contributed by atoms with Crippen molar-refractivity contribution in [1.82, 2.24) is 10.2 Å². The average Bonchev–Trinajstić information content (AvgIpc) is 2.54. The van der Waals surface area contributed by atoms with Crippen molar-refractivity contribution < 1.29 is 9.53 Å². The summed E-state index contributed by atoms with van der Waals surface area (Å²) in [6.07, 6.45) is 0.573. The third kappa shape index (κ3) is 2.82. The Hall–Kier alpha value is -1.55. The fraction of sp³-hybridized carbons (Fsp3) is 0.500. The lowest BCUT2D eigenvalue weighted by Gasteiger charge is -2.26. The Morgan fingerprint density at radius 3 is 2.78 bits per heavy atom. The highest BCUT2D eigenvalue weighted by Gasteiger charge is 2.23. The van der Waals surface area contributed by atoms with Crippen molar-refractivity contribution in [3.05, 3.63) is 29.8 Å². The van der Waals surface area contributed by atoms with E-state index < -0.39 is 0 Å². The maximum absolute atomic E-state index is 11.8. The zero-order valence-corrected chi connectivity index (χ0v) is 11.0. The molecule has 98 valence electrons. The summed E-state index contributed by atoms with van der Waals surface area (Å²) in [6, 6.07) is 8.10. The first-order chi connectivity index (χ1) is 8.72. The van der Waals surface area contributed by atoms with Crippen LogP contribution in [0.4, 0.5) is 0 Å². The van der Waals surface area contributed by atoms with Gasteiger partial charge in [0.1, 0.15) is 5.75 Å². The molecule has 0 bridgehead atoms. The lowest BCUT2D eigenvalue weighted by molar-refractivity contribution is -0.131. The monoisotopic (exact) mass is 248 g/mol. The van der Waals surface area contributed by atoms with Crippen LogP contribution in [0.3, 0.4) is 0 Å². The minimum Gasteiger partial charge on any atom is -0.494 e. The van der Waals surface area contributed by atoms with Crippen molar-refractivity contribution in [2.45, 2.75) is 19.4 Å². The second kappa shape index (κ2) is 5.87. The lowest BCUT2D eigenvalue weighted by Crippen LogP contribution is -2.32. The number of amides is 1. The average molecular weight is 248 g/mol. The molecule has 4 nitrogen and oxygen atoms in total. The molecule has 1 N–H and O–H groups in total. The van der Waals surface area contributed by atoms with Gasteiger partial charge in [0.05, 0.1) is 12.6 Å². The van der Waals surface area contributed by atoms with Gasteiger partial charge in [-0.3, -0.25) is 4.79 Å². The first-order valence-corrected chi connectivity index (χ1v) is 6.41. The summed E-state index contributed by atoms with van der Waals surface area (Å²) in [7, 11) is 1.87. The van der Waals surface area contributed by atoms with Gasteiger partial charge in [0.2, 0.25) is 5.91 Å². The first kappa shape index (κ1) is 12.9. The van der Waals surface area contributed by atoms with Gasteiger partial charge in [0.15, 0.2) is 0 Å². The number of nitrogens with one attached hydrogen (secondary N) is 1. The number of rotatable bonds is 3. The molecule has 2 rings (SSSR count). The first-order valence-electron chi connectivity index (χ1n) is 6.41. The van der Waals surface area contributed by atoms with Crippen LogP contribution >= 0.6 is 0 Å². The van der Waals surface area contributed by atoms with E-state index in [-0.39, 0.29) is 11.9 Å². The number of carbonyl (C=O) groups is 1. The van der Waals surface area contributed by atoms with Crippen LogP contribution in [0.25, 0.3) is 0 Å². The van der Waals surface area contributed by atoms with E-state index in [0.29, 0.717) is 13.0 Å². The Balaban J connectivity index is 2.15. The highest BCUT2D eigenvalue weighted by atomic mass is 16.5. The molecule has 1 aromatic rings.